The van der Waals surface area contributed by atoms with Crippen LogP contribution in [0.15, 0.2) is 24.3 Å². The second kappa shape index (κ2) is 3.26. The monoisotopic (exact) mass is 197 g/mol. The lowest BCUT2D eigenvalue weighted by Crippen LogP contribution is -2.18. The highest BCUT2D eigenvalue weighted by Crippen LogP contribution is 2.19. The molecular weight excluding hydrogens is 190 g/mol. The zero-order valence-electron chi connectivity index (χ0n) is 6.79. The van der Waals surface area contributed by atoms with Crippen molar-refractivity contribution in [2.24, 2.45) is 0 Å². The van der Waals surface area contributed by atoms with Gasteiger partial charge >= 0.3 is 6.09 Å². The van der Waals surface area contributed by atoms with Crippen molar-refractivity contribution in [3.63, 3.8) is 0 Å². The topological polar surface area (TPSA) is 38.3 Å². The molecule has 0 spiro atoms. The van der Waals surface area contributed by atoms with Crippen LogP contribution in [0.1, 0.15) is 11.6 Å². The van der Waals surface area contributed by atoms with Crippen LogP contribution in [0.25, 0.3) is 0 Å². The van der Waals surface area contributed by atoms with E-state index < -0.39 is 0 Å². The predicted molar refractivity (Wildman–Crippen MR) is 48.7 cm³/mol. The van der Waals surface area contributed by atoms with Gasteiger partial charge in [0.2, 0.25) is 0 Å². The van der Waals surface area contributed by atoms with Crippen LogP contribution in [0.4, 0.5) is 4.79 Å². The SMILES string of the molecule is O=C1NC(c2ccc(Cl)cc2)CO1. The van der Waals surface area contributed by atoms with Gasteiger partial charge in [0.1, 0.15) is 6.61 Å². The molecule has 1 heterocycles. The minimum atomic E-state index is -0.361. The van der Waals surface area contributed by atoms with Gasteiger partial charge in [0.05, 0.1) is 6.04 Å². The summed E-state index contributed by atoms with van der Waals surface area (Å²) in [6.45, 7) is 0.389. The quantitative estimate of drug-likeness (QED) is 0.749. The Morgan fingerprint density at radius 3 is 2.62 bits per heavy atom. The van der Waals surface area contributed by atoms with E-state index in [1.807, 2.05) is 12.1 Å². The van der Waals surface area contributed by atoms with Gasteiger partial charge in [0, 0.05) is 5.02 Å². The summed E-state index contributed by atoms with van der Waals surface area (Å²) in [5, 5.41) is 3.37. The molecule has 1 atom stereocenters. The van der Waals surface area contributed by atoms with Crippen LogP contribution in [0, 0.1) is 0 Å². The van der Waals surface area contributed by atoms with E-state index >= 15 is 0 Å². The fourth-order valence-electron chi connectivity index (χ4n) is 1.26. The molecule has 2 rings (SSSR count). The molecule has 13 heavy (non-hydrogen) atoms. The Labute approximate surface area is 80.6 Å². The van der Waals surface area contributed by atoms with E-state index in [2.05, 4.69) is 5.32 Å². The first-order valence-electron chi connectivity index (χ1n) is 3.94. The van der Waals surface area contributed by atoms with Gasteiger partial charge < -0.3 is 10.1 Å². The van der Waals surface area contributed by atoms with Crippen molar-refractivity contribution >= 4 is 17.7 Å². The summed E-state index contributed by atoms with van der Waals surface area (Å²) >= 11 is 5.73. The number of cyclic esters (lactones) is 1. The van der Waals surface area contributed by atoms with Crippen LogP contribution in [0.2, 0.25) is 5.02 Å². The van der Waals surface area contributed by atoms with Gasteiger partial charge in [-0.1, -0.05) is 23.7 Å². The maximum atomic E-state index is 10.7. The normalized spacial score (nSPS) is 21.0. The lowest BCUT2D eigenvalue weighted by Gasteiger charge is -2.06. The molecule has 1 amide bonds. The number of hydrogen-bond donors (Lipinski definition) is 1. The van der Waals surface area contributed by atoms with Crippen LogP contribution in [0.5, 0.6) is 0 Å². The van der Waals surface area contributed by atoms with E-state index in [0.717, 1.165) is 5.56 Å². The Bertz CT molecular complexity index is 323. The van der Waals surface area contributed by atoms with Gasteiger partial charge in [-0.05, 0) is 17.7 Å². The molecule has 1 aliphatic heterocycles. The molecule has 1 aromatic rings. The summed E-state index contributed by atoms with van der Waals surface area (Å²) in [4.78, 5) is 10.7. The van der Waals surface area contributed by atoms with Gasteiger partial charge in [-0.3, -0.25) is 0 Å². The minimum Gasteiger partial charge on any atom is -0.447 e. The van der Waals surface area contributed by atoms with Crippen molar-refractivity contribution in [2.75, 3.05) is 6.61 Å². The van der Waals surface area contributed by atoms with Gasteiger partial charge in [0.25, 0.3) is 0 Å². The highest BCUT2D eigenvalue weighted by Gasteiger charge is 2.23. The highest BCUT2D eigenvalue weighted by atomic mass is 35.5. The molecule has 0 bridgehead atoms. The predicted octanol–water partition coefficient (Wildman–Crippen LogP) is 2.12. The molecule has 3 nitrogen and oxygen atoms in total. The van der Waals surface area contributed by atoms with E-state index in [0.29, 0.717) is 11.6 Å². The third-order valence-corrected chi connectivity index (χ3v) is 2.20. The number of alkyl carbamates (subject to hydrolysis) is 1. The van der Waals surface area contributed by atoms with E-state index in [-0.39, 0.29) is 12.1 Å². The van der Waals surface area contributed by atoms with Crippen LogP contribution in [-0.2, 0) is 4.74 Å². The van der Waals surface area contributed by atoms with Crippen LogP contribution in [-0.4, -0.2) is 12.7 Å². The standard InChI is InChI=1S/C9H8ClNO2/c10-7-3-1-6(2-4-7)8-5-13-9(12)11-8/h1-4,8H,5H2,(H,11,12). The molecule has 0 radical (unpaired) electrons. The largest absolute Gasteiger partial charge is 0.447 e. The van der Waals surface area contributed by atoms with Crippen LogP contribution < -0.4 is 5.32 Å². The molecule has 0 aliphatic carbocycles. The Hall–Kier alpha value is -1.22. The maximum Gasteiger partial charge on any atom is 0.407 e. The van der Waals surface area contributed by atoms with E-state index in [1.165, 1.54) is 0 Å². The number of nitrogens with one attached hydrogen (secondary N) is 1. The first-order valence-corrected chi connectivity index (χ1v) is 4.32. The number of halogens is 1. The minimum absolute atomic E-state index is 0.0373. The zero-order chi connectivity index (χ0) is 9.26. The fraction of sp³-hybridized carbons (Fsp3) is 0.222. The summed E-state index contributed by atoms with van der Waals surface area (Å²) in [7, 11) is 0. The molecular formula is C9H8ClNO2. The molecule has 68 valence electrons. The van der Waals surface area contributed by atoms with Crippen LogP contribution in [0.3, 0.4) is 0 Å². The second-order valence-corrected chi connectivity index (χ2v) is 3.28. The molecule has 1 N–H and O–H groups in total. The fourth-order valence-corrected chi connectivity index (χ4v) is 1.39. The van der Waals surface area contributed by atoms with Gasteiger partial charge in [-0.15, -0.1) is 0 Å². The molecule has 0 saturated carbocycles. The summed E-state index contributed by atoms with van der Waals surface area (Å²) in [5.74, 6) is 0. The average molecular weight is 198 g/mol. The Morgan fingerprint density at radius 2 is 2.08 bits per heavy atom. The van der Waals surface area contributed by atoms with Gasteiger partial charge in [-0.25, -0.2) is 4.79 Å². The highest BCUT2D eigenvalue weighted by molar-refractivity contribution is 6.30. The number of carbonyl (C=O) groups excluding carboxylic acids is 1. The third-order valence-electron chi connectivity index (χ3n) is 1.95. The molecule has 1 aliphatic rings. The zero-order valence-corrected chi connectivity index (χ0v) is 7.54. The van der Waals surface area contributed by atoms with Crippen molar-refractivity contribution < 1.29 is 9.53 Å². The van der Waals surface area contributed by atoms with Crippen LogP contribution >= 0.6 is 11.6 Å². The summed E-state index contributed by atoms with van der Waals surface area (Å²) < 4.78 is 4.77. The second-order valence-electron chi connectivity index (χ2n) is 2.85. The molecule has 1 aromatic carbocycles. The summed E-state index contributed by atoms with van der Waals surface area (Å²) in [6, 6.07) is 7.30. The maximum absolute atomic E-state index is 10.7. The molecule has 1 saturated heterocycles. The molecule has 4 heteroatoms. The van der Waals surface area contributed by atoms with Crippen molar-refractivity contribution in [1.29, 1.82) is 0 Å². The Morgan fingerprint density at radius 1 is 1.38 bits per heavy atom. The summed E-state index contributed by atoms with van der Waals surface area (Å²) in [6.07, 6.45) is -0.361. The number of carbonyl (C=O) groups is 1. The lowest BCUT2D eigenvalue weighted by atomic mass is 10.1. The number of ether oxygens (including phenoxy) is 1. The third kappa shape index (κ3) is 1.75. The van der Waals surface area contributed by atoms with Crippen molar-refractivity contribution in [1.82, 2.24) is 5.32 Å². The summed E-state index contributed by atoms with van der Waals surface area (Å²) in [5.41, 5.74) is 1.01. The van der Waals surface area contributed by atoms with Gasteiger partial charge in [-0.2, -0.15) is 0 Å². The van der Waals surface area contributed by atoms with E-state index in [4.69, 9.17) is 16.3 Å². The first kappa shape index (κ1) is 8.38. The Kier molecular flexibility index (Phi) is 2.10. The Balaban J connectivity index is 2.17. The number of hydrogen-bond acceptors (Lipinski definition) is 2. The van der Waals surface area contributed by atoms with Crippen molar-refractivity contribution in [3.05, 3.63) is 34.9 Å². The average Bonchev–Trinajstić information content (AvgIpc) is 2.53. The molecule has 0 aromatic heterocycles. The first-order chi connectivity index (χ1) is 6.25. The van der Waals surface area contributed by atoms with E-state index in [1.54, 1.807) is 12.1 Å². The van der Waals surface area contributed by atoms with Crippen molar-refractivity contribution in [2.45, 2.75) is 6.04 Å². The van der Waals surface area contributed by atoms with Gasteiger partial charge in [0.15, 0.2) is 0 Å². The number of amides is 1. The smallest absolute Gasteiger partial charge is 0.407 e. The molecule has 1 unspecified atom stereocenters. The lowest BCUT2D eigenvalue weighted by molar-refractivity contribution is 0.177. The molecule has 1 fully saturated rings. The number of rotatable bonds is 1. The van der Waals surface area contributed by atoms with Crippen molar-refractivity contribution in [3.8, 4) is 0 Å². The van der Waals surface area contributed by atoms with E-state index in [9.17, 15) is 4.79 Å². The number of benzene rings is 1.